The van der Waals surface area contributed by atoms with Crippen molar-refractivity contribution in [2.75, 3.05) is 10.4 Å². The first-order valence-corrected chi connectivity index (χ1v) is 6.28. The average Bonchev–Trinajstić information content (AvgIpc) is 2.93. The third kappa shape index (κ3) is 1.94. The van der Waals surface area contributed by atoms with Gasteiger partial charge in [0.25, 0.3) is 0 Å². The Bertz CT molecular complexity index is 745. The van der Waals surface area contributed by atoms with E-state index in [1.54, 1.807) is 0 Å². The number of fused-ring (bicyclic) bond motifs is 3. The normalized spacial score (nSPS) is 12.7. The number of nitrogens with zero attached hydrogens (tertiary/aromatic N) is 3. The molecule has 5 heteroatoms. The quantitative estimate of drug-likeness (QED) is 0.602. The Morgan fingerprint density at radius 2 is 1.90 bits per heavy atom. The summed E-state index contributed by atoms with van der Waals surface area (Å²) >= 11 is 0. The monoisotopic (exact) mass is 284 g/mol. The highest BCUT2D eigenvalue weighted by Crippen LogP contribution is 2.24. The maximum atomic E-state index is 4.38. The Hall–Kier alpha value is -2.33. The highest BCUT2D eigenvalue weighted by molar-refractivity contribution is 5.87. The van der Waals surface area contributed by atoms with E-state index in [4.69, 9.17) is 0 Å². The van der Waals surface area contributed by atoms with Crippen LogP contribution in [-0.2, 0) is 6.67 Å². The fourth-order valence-electron chi connectivity index (χ4n) is 2.45. The van der Waals surface area contributed by atoms with Crippen LogP contribution in [0.1, 0.15) is 0 Å². The number of hydrogen-bond acceptors (Lipinski definition) is 3. The smallest absolute Gasteiger partial charge is 0.309 e. The summed E-state index contributed by atoms with van der Waals surface area (Å²) in [5, 5.41) is 3.27. The van der Waals surface area contributed by atoms with Gasteiger partial charge in [-0.25, -0.2) is 4.57 Å². The molecule has 4 rings (SSSR count). The van der Waals surface area contributed by atoms with E-state index in [9.17, 15) is 0 Å². The molecular weight excluding hydrogens is 272 g/mol. The Balaban J connectivity index is 0.00000121. The standard InChI is InChI=1S/C15H12N4.ClH/c1-2-5-12(6-3-1)19-11-18-10-8-14-13(15(18)17-19)7-4-9-16-14;/h1-10H,11H2;1H. The van der Waals surface area contributed by atoms with E-state index in [0.29, 0.717) is 0 Å². The third-order valence-electron chi connectivity index (χ3n) is 3.40. The number of benzene rings is 1. The summed E-state index contributed by atoms with van der Waals surface area (Å²) in [6.45, 7) is 0.796. The zero-order valence-corrected chi connectivity index (χ0v) is 11.5. The number of pyridine rings is 2. The van der Waals surface area contributed by atoms with Crippen molar-refractivity contribution in [3.05, 3.63) is 60.9 Å². The first-order chi connectivity index (χ1) is 9.42. The van der Waals surface area contributed by atoms with Crippen molar-refractivity contribution >= 4 is 22.4 Å². The van der Waals surface area contributed by atoms with E-state index in [2.05, 4.69) is 50.4 Å². The summed E-state index contributed by atoms with van der Waals surface area (Å²) in [6.07, 6.45) is 3.89. The van der Waals surface area contributed by atoms with Crippen LogP contribution in [0.15, 0.2) is 60.9 Å². The molecule has 100 valence electrons. The van der Waals surface area contributed by atoms with Crippen LogP contribution >= 0.6 is 0 Å². The van der Waals surface area contributed by atoms with Crippen LogP contribution in [0.3, 0.4) is 0 Å². The summed E-state index contributed by atoms with van der Waals surface area (Å²) in [5.74, 6) is 1.09. The van der Waals surface area contributed by atoms with Crippen LogP contribution in [0.25, 0.3) is 10.9 Å². The second-order valence-corrected chi connectivity index (χ2v) is 4.59. The lowest BCUT2D eigenvalue weighted by atomic mass is 10.2. The molecule has 1 aliphatic rings. The number of para-hydroxylation sites is 1. The van der Waals surface area contributed by atoms with Crippen molar-refractivity contribution in [2.45, 2.75) is 6.67 Å². The Kier molecular flexibility index (Phi) is 3.16. The van der Waals surface area contributed by atoms with E-state index in [0.717, 1.165) is 29.1 Å². The molecule has 0 fully saturated rings. The highest BCUT2D eigenvalue weighted by atomic mass is 35.5. The van der Waals surface area contributed by atoms with Gasteiger partial charge in [-0.2, -0.15) is 10.4 Å². The molecule has 3 aromatic rings. The Morgan fingerprint density at radius 3 is 2.75 bits per heavy atom. The lowest BCUT2D eigenvalue weighted by Gasteiger charge is -2.10. The largest absolute Gasteiger partial charge is 1.00 e. The third-order valence-corrected chi connectivity index (χ3v) is 3.40. The minimum Gasteiger partial charge on any atom is -1.00 e. The number of hydrazine groups is 1. The van der Waals surface area contributed by atoms with Gasteiger partial charge in [-0.3, -0.25) is 4.98 Å². The fourth-order valence-corrected chi connectivity index (χ4v) is 2.45. The van der Waals surface area contributed by atoms with Crippen LogP contribution < -0.4 is 27.4 Å². The van der Waals surface area contributed by atoms with Gasteiger partial charge in [0.1, 0.15) is 0 Å². The second kappa shape index (κ2) is 4.98. The molecule has 1 aromatic carbocycles. The zero-order valence-electron chi connectivity index (χ0n) is 10.7. The SMILES string of the molecule is [Cl-].c1ccc(N2C[n+]3ccc4ncccc4c3N2)cc1. The summed E-state index contributed by atoms with van der Waals surface area (Å²) in [5.41, 5.74) is 5.62. The molecule has 2 aromatic heterocycles. The molecule has 0 atom stereocenters. The van der Waals surface area contributed by atoms with Crippen LogP contribution in [0.2, 0.25) is 0 Å². The van der Waals surface area contributed by atoms with Gasteiger partial charge in [-0.15, -0.1) is 0 Å². The van der Waals surface area contributed by atoms with Crippen molar-refractivity contribution in [3.63, 3.8) is 0 Å². The summed E-state index contributed by atoms with van der Waals surface area (Å²) in [4.78, 5) is 4.38. The molecule has 0 radical (unpaired) electrons. The van der Waals surface area contributed by atoms with Gasteiger partial charge >= 0.3 is 5.82 Å². The van der Waals surface area contributed by atoms with Crippen LogP contribution in [0.5, 0.6) is 0 Å². The first kappa shape index (κ1) is 12.7. The second-order valence-electron chi connectivity index (χ2n) is 4.59. The fraction of sp³-hybridized carbons (Fsp3) is 0.0667. The first-order valence-electron chi connectivity index (χ1n) is 6.28. The minimum atomic E-state index is 0. The lowest BCUT2D eigenvalue weighted by Crippen LogP contribution is -3.00. The van der Waals surface area contributed by atoms with Crippen LogP contribution in [-0.4, -0.2) is 4.98 Å². The van der Waals surface area contributed by atoms with Gasteiger partial charge in [0.05, 0.1) is 22.8 Å². The van der Waals surface area contributed by atoms with Gasteiger partial charge in [0.2, 0.25) is 0 Å². The predicted molar refractivity (Wildman–Crippen MR) is 74.5 cm³/mol. The molecule has 0 aliphatic carbocycles. The minimum absolute atomic E-state index is 0. The number of hydrogen-bond donors (Lipinski definition) is 1. The van der Waals surface area contributed by atoms with E-state index >= 15 is 0 Å². The van der Waals surface area contributed by atoms with E-state index < -0.39 is 0 Å². The molecule has 0 spiro atoms. The number of aromatic nitrogens is 2. The molecule has 1 aliphatic heterocycles. The van der Waals surface area contributed by atoms with Gasteiger partial charge in [-0.05, 0) is 24.3 Å². The van der Waals surface area contributed by atoms with Crippen molar-refractivity contribution in [1.82, 2.24) is 4.98 Å². The molecule has 0 saturated heterocycles. The van der Waals surface area contributed by atoms with Gasteiger partial charge in [0.15, 0.2) is 6.67 Å². The highest BCUT2D eigenvalue weighted by Gasteiger charge is 2.28. The summed E-state index contributed by atoms with van der Waals surface area (Å²) in [7, 11) is 0. The molecule has 4 nitrogen and oxygen atoms in total. The van der Waals surface area contributed by atoms with Gasteiger partial charge < -0.3 is 12.4 Å². The molecule has 0 saturated carbocycles. The average molecular weight is 285 g/mol. The van der Waals surface area contributed by atoms with E-state index in [1.807, 2.05) is 30.5 Å². The van der Waals surface area contributed by atoms with E-state index in [-0.39, 0.29) is 12.4 Å². The Morgan fingerprint density at radius 1 is 1.05 bits per heavy atom. The molecular formula is C15H13ClN4. The number of anilines is 2. The number of halogens is 1. The van der Waals surface area contributed by atoms with Gasteiger partial charge in [-0.1, -0.05) is 18.2 Å². The summed E-state index contributed by atoms with van der Waals surface area (Å²) in [6, 6.07) is 16.4. The topological polar surface area (TPSA) is 32.0 Å². The predicted octanol–water partition coefficient (Wildman–Crippen LogP) is -0.669. The van der Waals surface area contributed by atoms with Gasteiger partial charge in [0, 0.05) is 12.3 Å². The lowest BCUT2D eigenvalue weighted by molar-refractivity contribution is -0.670. The maximum absolute atomic E-state index is 4.38. The number of nitrogens with one attached hydrogen (secondary N) is 1. The summed E-state index contributed by atoms with van der Waals surface area (Å²) < 4.78 is 2.19. The maximum Gasteiger partial charge on any atom is 0.309 e. The molecule has 3 heterocycles. The molecule has 1 N–H and O–H groups in total. The zero-order chi connectivity index (χ0) is 12.7. The van der Waals surface area contributed by atoms with Crippen molar-refractivity contribution in [2.24, 2.45) is 0 Å². The molecule has 0 amide bonds. The van der Waals surface area contributed by atoms with Crippen molar-refractivity contribution in [3.8, 4) is 0 Å². The molecule has 20 heavy (non-hydrogen) atoms. The molecule has 0 unspecified atom stereocenters. The van der Waals surface area contributed by atoms with Crippen LogP contribution in [0.4, 0.5) is 11.5 Å². The van der Waals surface area contributed by atoms with Crippen LogP contribution in [0, 0.1) is 0 Å². The Labute approximate surface area is 123 Å². The van der Waals surface area contributed by atoms with Crippen molar-refractivity contribution in [1.29, 1.82) is 0 Å². The number of rotatable bonds is 1. The van der Waals surface area contributed by atoms with Crippen molar-refractivity contribution < 1.29 is 17.0 Å². The van der Waals surface area contributed by atoms with E-state index in [1.165, 1.54) is 0 Å². The molecule has 0 bridgehead atoms.